The fraction of sp³-hybridized carbons (Fsp3) is 0.455. The van der Waals surface area contributed by atoms with E-state index in [-0.39, 0.29) is 12.4 Å². The number of ether oxygens (including phenoxy) is 1. The molecule has 0 aromatic heterocycles. The molecule has 0 saturated carbocycles. The normalized spacial score (nSPS) is 11.4. The number of anilines is 2. The first-order valence-electron chi connectivity index (χ1n) is 5.38. The number of sulfonamides is 1. The minimum absolute atomic E-state index is 0.0499. The standard InChI is InChI=1S/C11H18N2O3S/c1-3-16-8-9-17(14,15)13(2)11-7-5-4-6-10(11)12/h4-7H,3,8-9,12H2,1-2H3. The van der Waals surface area contributed by atoms with Crippen LogP contribution >= 0.6 is 0 Å². The first-order valence-corrected chi connectivity index (χ1v) is 6.99. The summed E-state index contributed by atoms with van der Waals surface area (Å²) in [6.07, 6.45) is 0. The summed E-state index contributed by atoms with van der Waals surface area (Å²) in [5.74, 6) is -0.0499. The molecular weight excluding hydrogens is 240 g/mol. The largest absolute Gasteiger partial charge is 0.397 e. The van der Waals surface area contributed by atoms with Gasteiger partial charge in [-0.1, -0.05) is 12.1 Å². The second-order valence-corrected chi connectivity index (χ2v) is 5.66. The molecule has 17 heavy (non-hydrogen) atoms. The third kappa shape index (κ3) is 3.61. The Hall–Kier alpha value is -1.27. The molecule has 0 aliphatic carbocycles. The third-order valence-electron chi connectivity index (χ3n) is 2.38. The van der Waals surface area contributed by atoms with Crippen molar-refractivity contribution in [1.29, 1.82) is 0 Å². The molecule has 96 valence electrons. The molecule has 6 heteroatoms. The van der Waals surface area contributed by atoms with Gasteiger partial charge in [0.1, 0.15) is 0 Å². The minimum atomic E-state index is -3.38. The number of hydrogen-bond donors (Lipinski definition) is 1. The molecule has 0 unspecified atom stereocenters. The second-order valence-electron chi connectivity index (χ2n) is 3.54. The summed E-state index contributed by atoms with van der Waals surface area (Å²) >= 11 is 0. The lowest BCUT2D eigenvalue weighted by Gasteiger charge is -2.20. The Bertz CT molecular complexity index is 460. The smallest absolute Gasteiger partial charge is 0.237 e. The summed E-state index contributed by atoms with van der Waals surface area (Å²) in [6, 6.07) is 6.86. The molecule has 0 amide bonds. The first kappa shape index (κ1) is 13.8. The van der Waals surface area contributed by atoms with E-state index in [1.807, 2.05) is 6.92 Å². The van der Waals surface area contributed by atoms with Gasteiger partial charge in [0.15, 0.2) is 0 Å². The highest BCUT2D eigenvalue weighted by atomic mass is 32.2. The van der Waals surface area contributed by atoms with Gasteiger partial charge in [-0.15, -0.1) is 0 Å². The van der Waals surface area contributed by atoms with Gasteiger partial charge in [0, 0.05) is 13.7 Å². The Labute approximate surface area is 102 Å². The highest BCUT2D eigenvalue weighted by Crippen LogP contribution is 2.23. The number of hydrogen-bond acceptors (Lipinski definition) is 4. The van der Waals surface area contributed by atoms with Crippen molar-refractivity contribution < 1.29 is 13.2 Å². The molecule has 2 N–H and O–H groups in total. The van der Waals surface area contributed by atoms with Crippen LogP contribution in [0.15, 0.2) is 24.3 Å². The Morgan fingerprint density at radius 1 is 1.35 bits per heavy atom. The Kier molecular flexibility index (Phi) is 4.77. The zero-order valence-corrected chi connectivity index (χ0v) is 10.9. The molecule has 0 aliphatic heterocycles. The van der Waals surface area contributed by atoms with Gasteiger partial charge in [-0.2, -0.15) is 0 Å². The lowest BCUT2D eigenvalue weighted by atomic mass is 10.3. The van der Waals surface area contributed by atoms with Crippen LogP contribution in [-0.2, 0) is 14.8 Å². The van der Waals surface area contributed by atoms with Crippen molar-refractivity contribution in [2.75, 3.05) is 36.1 Å². The average molecular weight is 258 g/mol. The predicted octanol–water partition coefficient (Wildman–Crippen LogP) is 1.07. The van der Waals surface area contributed by atoms with Crippen molar-refractivity contribution >= 4 is 21.4 Å². The van der Waals surface area contributed by atoms with E-state index in [0.29, 0.717) is 18.0 Å². The van der Waals surface area contributed by atoms with Crippen LogP contribution in [0.1, 0.15) is 6.92 Å². The molecule has 0 radical (unpaired) electrons. The Balaban J connectivity index is 2.82. The fourth-order valence-corrected chi connectivity index (χ4v) is 2.44. The number of nitrogen functional groups attached to an aromatic ring is 1. The van der Waals surface area contributed by atoms with E-state index >= 15 is 0 Å². The SMILES string of the molecule is CCOCCS(=O)(=O)N(C)c1ccccc1N. The quantitative estimate of drug-likeness (QED) is 0.612. The van der Waals surface area contributed by atoms with Gasteiger partial charge in [0.05, 0.1) is 23.7 Å². The molecule has 0 fully saturated rings. The van der Waals surface area contributed by atoms with Crippen LogP contribution in [0.3, 0.4) is 0 Å². The molecule has 5 nitrogen and oxygen atoms in total. The van der Waals surface area contributed by atoms with E-state index in [4.69, 9.17) is 10.5 Å². The maximum absolute atomic E-state index is 11.9. The fourth-order valence-electron chi connectivity index (χ4n) is 1.37. The van der Waals surface area contributed by atoms with Crippen molar-refractivity contribution in [2.45, 2.75) is 6.92 Å². The first-order chi connectivity index (χ1) is 7.99. The van der Waals surface area contributed by atoms with E-state index in [2.05, 4.69) is 0 Å². The molecule has 0 atom stereocenters. The van der Waals surface area contributed by atoms with E-state index in [1.165, 1.54) is 11.4 Å². The van der Waals surface area contributed by atoms with Crippen LogP contribution in [0.5, 0.6) is 0 Å². The van der Waals surface area contributed by atoms with Crippen molar-refractivity contribution in [3.05, 3.63) is 24.3 Å². The second kappa shape index (κ2) is 5.88. The number of para-hydroxylation sites is 2. The Morgan fingerprint density at radius 2 is 2.00 bits per heavy atom. The van der Waals surface area contributed by atoms with E-state index < -0.39 is 10.0 Å². The third-order valence-corrected chi connectivity index (χ3v) is 4.10. The number of rotatable bonds is 6. The van der Waals surface area contributed by atoms with Crippen molar-refractivity contribution in [2.24, 2.45) is 0 Å². The summed E-state index contributed by atoms with van der Waals surface area (Å²) in [5.41, 5.74) is 6.67. The van der Waals surface area contributed by atoms with Crippen molar-refractivity contribution in [3.8, 4) is 0 Å². The van der Waals surface area contributed by atoms with E-state index in [0.717, 1.165) is 0 Å². The molecule has 0 heterocycles. The average Bonchev–Trinajstić information content (AvgIpc) is 2.29. The minimum Gasteiger partial charge on any atom is -0.397 e. The van der Waals surface area contributed by atoms with Gasteiger partial charge in [0.25, 0.3) is 0 Å². The van der Waals surface area contributed by atoms with Crippen molar-refractivity contribution in [1.82, 2.24) is 0 Å². The van der Waals surface area contributed by atoms with Gasteiger partial charge >= 0.3 is 0 Å². The maximum Gasteiger partial charge on any atom is 0.237 e. The summed E-state index contributed by atoms with van der Waals surface area (Å²) < 4.78 is 30.1. The lowest BCUT2D eigenvalue weighted by molar-refractivity contribution is 0.163. The van der Waals surface area contributed by atoms with E-state index in [9.17, 15) is 8.42 Å². The number of benzene rings is 1. The zero-order valence-electron chi connectivity index (χ0n) is 10.1. The molecule has 1 aromatic carbocycles. The molecule has 1 rings (SSSR count). The van der Waals surface area contributed by atoms with Gasteiger partial charge in [0.2, 0.25) is 10.0 Å². The summed E-state index contributed by atoms with van der Waals surface area (Å²) in [6.45, 7) is 2.52. The zero-order chi connectivity index (χ0) is 12.9. The Morgan fingerprint density at radius 3 is 2.59 bits per heavy atom. The highest BCUT2D eigenvalue weighted by Gasteiger charge is 2.19. The van der Waals surface area contributed by atoms with Crippen molar-refractivity contribution in [3.63, 3.8) is 0 Å². The molecule has 1 aromatic rings. The van der Waals surface area contributed by atoms with Gasteiger partial charge in [-0.05, 0) is 19.1 Å². The topological polar surface area (TPSA) is 72.6 Å². The number of nitrogens with zero attached hydrogens (tertiary/aromatic N) is 1. The summed E-state index contributed by atoms with van der Waals surface area (Å²) in [7, 11) is -1.89. The molecule has 0 aliphatic rings. The van der Waals surface area contributed by atoms with Crippen LogP contribution in [0.2, 0.25) is 0 Å². The monoisotopic (exact) mass is 258 g/mol. The van der Waals surface area contributed by atoms with Crippen LogP contribution in [-0.4, -0.2) is 34.4 Å². The van der Waals surface area contributed by atoms with Gasteiger partial charge in [-0.3, -0.25) is 4.31 Å². The lowest BCUT2D eigenvalue weighted by Crippen LogP contribution is -2.31. The molecule has 0 spiro atoms. The van der Waals surface area contributed by atoms with Crippen LogP contribution in [0, 0.1) is 0 Å². The summed E-state index contributed by atoms with van der Waals surface area (Å²) in [5, 5.41) is 0. The maximum atomic E-state index is 11.9. The van der Waals surface area contributed by atoms with Gasteiger partial charge in [-0.25, -0.2) is 8.42 Å². The molecular formula is C11H18N2O3S. The van der Waals surface area contributed by atoms with Gasteiger partial charge < -0.3 is 10.5 Å². The van der Waals surface area contributed by atoms with Crippen LogP contribution < -0.4 is 10.0 Å². The highest BCUT2D eigenvalue weighted by molar-refractivity contribution is 7.92. The van der Waals surface area contributed by atoms with Crippen LogP contribution in [0.4, 0.5) is 11.4 Å². The molecule has 0 saturated heterocycles. The van der Waals surface area contributed by atoms with E-state index in [1.54, 1.807) is 24.3 Å². The molecule has 0 bridgehead atoms. The number of nitrogens with two attached hydrogens (primary N) is 1. The predicted molar refractivity (Wildman–Crippen MR) is 69.5 cm³/mol. The van der Waals surface area contributed by atoms with Crippen LogP contribution in [0.25, 0.3) is 0 Å². The summed E-state index contributed by atoms with van der Waals surface area (Å²) in [4.78, 5) is 0.